The van der Waals surface area contributed by atoms with Gasteiger partial charge in [0.05, 0.1) is 11.1 Å². The molecule has 0 spiro atoms. The lowest BCUT2D eigenvalue weighted by atomic mass is 9.62. The van der Waals surface area contributed by atoms with Gasteiger partial charge < -0.3 is 9.84 Å². The van der Waals surface area contributed by atoms with Crippen molar-refractivity contribution in [1.82, 2.24) is 4.98 Å². The zero-order valence-electron chi connectivity index (χ0n) is 20.2. The molecule has 6 nitrogen and oxygen atoms in total. The molecule has 1 N–H and O–H groups in total. The van der Waals surface area contributed by atoms with E-state index in [1.54, 1.807) is 0 Å². The summed E-state index contributed by atoms with van der Waals surface area (Å²) in [6.45, 7) is 10.8. The van der Waals surface area contributed by atoms with Gasteiger partial charge in [-0.3, -0.25) is 4.79 Å². The number of aromatic carboxylic acids is 1. The summed E-state index contributed by atoms with van der Waals surface area (Å²) < 4.78 is 5.47. The van der Waals surface area contributed by atoms with Crippen LogP contribution in [0.15, 0.2) is 30.5 Å². The van der Waals surface area contributed by atoms with E-state index in [1.807, 2.05) is 12.1 Å². The lowest BCUT2D eigenvalue weighted by molar-refractivity contribution is 0.0696. The van der Waals surface area contributed by atoms with Gasteiger partial charge in [-0.05, 0) is 59.4 Å². The largest absolute Gasteiger partial charge is 0.478 e. The Morgan fingerprint density at radius 3 is 2.09 bits per heavy atom. The molecule has 0 saturated carbocycles. The first-order valence-corrected chi connectivity index (χ1v) is 11.6. The molecule has 0 amide bonds. The first kappa shape index (κ1) is 24.6. The van der Waals surface area contributed by atoms with Gasteiger partial charge in [0.15, 0.2) is 5.78 Å². The van der Waals surface area contributed by atoms with E-state index in [4.69, 9.17) is 9.84 Å². The van der Waals surface area contributed by atoms with E-state index in [0.29, 0.717) is 12.0 Å². The lowest BCUT2D eigenvalue weighted by Crippen LogP contribution is -2.35. The van der Waals surface area contributed by atoms with Crippen molar-refractivity contribution >= 4 is 17.7 Å². The fourth-order valence-electron chi connectivity index (χ4n) is 4.40. The number of ketones is 1. The summed E-state index contributed by atoms with van der Waals surface area (Å²) in [4.78, 5) is 41.4. The molecule has 0 aliphatic heterocycles. The predicted octanol–water partition coefficient (Wildman–Crippen LogP) is 6.11. The maximum absolute atomic E-state index is 13.2. The number of carbonyl (C=O) groups is 3. The molecule has 0 bridgehead atoms. The van der Waals surface area contributed by atoms with Crippen LogP contribution in [0.5, 0.6) is 5.88 Å². The van der Waals surface area contributed by atoms with Crippen LogP contribution in [0.3, 0.4) is 0 Å². The van der Waals surface area contributed by atoms with Crippen LogP contribution in [0.1, 0.15) is 115 Å². The number of unbranched alkanes of at least 4 members (excludes halogenated alkanes) is 2. The summed E-state index contributed by atoms with van der Waals surface area (Å²) in [7, 11) is 0. The molecule has 2 aromatic rings. The number of aromatic nitrogens is 1. The second-order valence-corrected chi connectivity index (χ2v) is 10.2. The number of ether oxygens (including phenoxy) is 1. The van der Waals surface area contributed by atoms with Crippen molar-refractivity contribution < 1.29 is 24.2 Å². The number of carboxylic acid groups (broad SMARTS) is 1. The molecule has 0 atom stereocenters. The van der Waals surface area contributed by atoms with Gasteiger partial charge >= 0.3 is 11.9 Å². The molecule has 33 heavy (non-hydrogen) atoms. The third kappa shape index (κ3) is 5.32. The molecule has 176 valence electrons. The van der Waals surface area contributed by atoms with E-state index in [2.05, 4.69) is 39.6 Å². The summed E-state index contributed by atoms with van der Waals surface area (Å²) in [6, 6.07) is 6.40. The van der Waals surface area contributed by atoms with Gasteiger partial charge in [0, 0.05) is 24.2 Å². The molecule has 1 aliphatic carbocycles. The van der Waals surface area contributed by atoms with Gasteiger partial charge in [0.2, 0.25) is 5.88 Å². The second-order valence-electron chi connectivity index (χ2n) is 10.2. The number of carboxylic acids is 1. The number of Topliss-reactive ketones (excluding diaryl/α,β-unsaturated/α-hetero) is 1. The Morgan fingerprint density at radius 2 is 1.58 bits per heavy atom. The number of carbonyl (C=O) groups excluding carboxylic acids is 2. The summed E-state index contributed by atoms with van der Waals surface area (Å²) in [5.41, 5.74) is 2.57. The Morgan fingerprint density at radius 1 is 0.970 bits per heavy atom. The van der Waals surface area contributed by atoms with Crippen LogP contribution in [-0.4, -0.2) is 27.8 Å². The average molecular weight is 452 g/mol. The highest BCUT2D eigenvalue weighted by Crippen LogP contribution is 2.46. The van der Waals surface area contributed by atoms with Crippen molar-refractivity contribution in [3.8, 4) is 5.88 Å². The Labute approximate surface area is 195 Å². The molecule has 1 heterocycles. The summed E-state index contributed by atoms with van der Waals surface area (Å²) in [5, 5.41) is 9.04. The van der Waals surface area contributed by atoms with Crippen LogP contribution in [0, 0.1) is 0 Å². The lowest BCUT2D eigenvalue weighted by Gasteiger charge is -2.42. The summed E-state index contributed by atoms with van der Waals surface area (Å²) >= 11 is 0. The van der Waals surface area contributed by atoms with E-state index in [0.717, 1.165) is 49.4 Å². The Hall–Kier alpha value is -3.02. The maximum atomic E-state index is 13.2. The molecule has 1 aromatic carbocycles. The summed E-state index contributed by atoms with van der Waals surface area (Å²) in [6.07, 6.45) is 6.22. The van der Waals surface area contributed by atoms with Crippen LogP contribution in [-0.2, 0) is 10.8 Å². The molecule has 1 aliphatic rings. The zero-order valence-corrected chi connectivity index (χ0v) is 20.2. The first-order valence-electron chi connectivity index (χ1n) is 11.6. The molecule has 3 rings (SSSR count). The first-order chi connectivity index (χ1) is 15.5. The quantitative estimate of drug-likeness (QED) is 0.296. The van der Waals surface area contributed by atoms with Crippen molar-refractivity contribution in [1.29, 1.82) is 0 Å². The van der Waals surface area contributed by atoms with Gasteiger partial charge in [0.1, 0.15) is 0 Å². The minimum Gasteiger partial charge on any atom is -0.478 e. The molecule has 6 heteroatoms. The van der Waals surface area contributed by atoms with Crippen LogP contribution in [0.2, 0.25) is 0 Å². The van der Waals surface area contributed by atoms with Crippen LogP contribution < -0.4 is 4.74 Å². The molecule has 1 aromatic heterocycles. The monoisotopic (exact) mass is 451 g/mol. The molecular formula is C27H33NO5. The highest BCUT2D eigenvalue weighted by Gasteiger charge is 2.39. The third-order valence-corrected chi connectivity index (χ3v) is 6.70. The van der Waals surface area contributed by atoms with Crippen molar-refractivity contribution in [2.45, 2.75) is 84.0 Å². The topological polar surface area (TPSA) is 93.6 Å². The normalized spacial score (nSPS) is 16.0. The molecular weight excluding hydrogens is 418 g/mol. The number of benzene rings is 1. The van der Waals surface area contributed by atoms with Gasteiger partial charge in [-0.25, -0.2) is 14.6 Å². The van der Waals surface area contributed by atoms with Crippen molar-refractivity contribution in [3.05, 3.63) is 58.3 Å². The van der Waals surface area contributed by atoms with Gasteiger partial charge in [-0.1, -0.05) is 47.5 Å². The minimum absolute atomic E-state index is 0.000600. The highest BCUT2D eigenvalue weighted by atomic mass is 16.5. The molecule has 0 unspecified atom stereocenters. The molecule has 0 radical (unpaired) electrons. The number of hydrogen-bond acceptors (Lipinski definition) is 5. The highest BCUT2D eigenvalue weighted by molar-refractivity contribution is 6.07. The number of rotatable bonds is 8. The zero-order chi connectivity index (χ0) is 24.4. The van der Waals surface area contributed by atoms with E-state index in [-0.39, 0.29) is 33.6 Å². The second kappa shape index (κ2) is 9.46. The SMILES string of the molecule is CCCCCC(=O)c1cc2c(cc1C(=O)Oc1ccc(C(=O)O)cn1)C(C)(C)CCC2(C)C. The third-order valence-electron chi connectivity index (χ3n) is 6.70. The number of fused-ring (bicyclic) bond motifs is 1. The smallest absolute Gasteiger partial charge is 0.345 e. The van der Waals surface area contributed by atoms with Crippen molar-refractivity contribution in [3.63, 3.8) is 0 Å². The fourth-order valence-corrected chi connectivity index (χ4v) is 4.40. The summed E-state index contributed by atoms with van der Waals surface area (Å²) in [5.74, 6) is -1.84. The molecule has 0 saturated heterocycles. The van der Waals surface area contributed by atoms with Crippen molar-refractivity contribution in [2.24, 2.45) is 0 Å². The average Bonchev–Trinajstić information content (AvgIpc) is 2.76. The predicted molar refractivity (Wildman–Crippen MR) is 126 cm³/mol. The van der Waals surface area contributed by atoms with E-state index in [1.165, 1.54) is 12.1 Å². The Bertz CT molecular complexity index is 1070. The molecule has 0 fully saturated rings. The standard InChI is InChI=1S/C27H33NO5/c1-6-7-8-9-22(29)18-14-20-21(27(4,5)13-12-26(20,2)3)15-19(18)25(32)33-23-11-10-17(16-28-23)24(30)31/h10-11,14-16H,6-9,12-13H2,1-5H3,(H,30,31). The van der Waals surface area contributed by atoms with Gasteiger partial charge in [0.25, 0.3) is 0 Å². The van der Waals surface area contributed by atoms with E-state index >= 15 is 0 Å². The van der Waals surface area contributed by atoms with Crippen molar-refractivity contribution in [2.75, 3.05) is 0 Å². The Kier molecular flexibility index (Phi) is 7.06. The van der Waals surface area contributed by atoms with Crippen LogP contribution >= 0.6 is 0 Å². The maximum Gasteiger partial charge on any atom is 0.345 e. The number of nitrogens with zero attached hydrogens (tertiary/aromatic N) is 1. The van der Waals surface area contributed by atoms with Gasteiger partial charge in [-0.2, -0.15) is 0 Å². The number of esters is 1. The van der Waals surface area contributed by atoms with Crippen LogP contribution in [0.4, 0.5) is 0 Å². The van der Waals surface area contributed by atoms with Gasteiger partial charge in [-0.15, -0.1) is 0 Å². The van der Waals surface area contributed by atoms with E-state index in [9.17, 15) is 14.4 Å². The van der Waals surface area contributed by atoms with E-state index < -0.39 is 11.9 Å². The number of pyridine rings is 1. The van der Waals surface area contributed by atoms with Crippen LogP contribution in [0.25, 0.3) is 0 Å². The number of hydrogen-bond donors (Lipinski definition) is 1. The fraction of sp³-hybridized carbons (Fsp3) is 0.481. The minimum atomic E-state index is -1.11. The Balaban J connectivity index is 2.04.